The molecule has 0 spiro atoms. The van der Waals surface area contributed by atoms with Crippen LogP contribution in [0.1, 0.15) is 23.2 Å². The molecule has 0 bridgehead atoms. The topological polar surface area (TPSA) is 69.7 Å². The molecule has 0 radical (unpaired) electrons. The number of amides is 1. The Morgan fingerprint density at radius 3 is 2.54 bits per heavy atom. The van der Waals surface area contributed by atoms with Crippen LogP contribution in [0.5, 0.6) is 0 Å². The summed E-state index contributed by atoms with van der Waals surface area (Å²) in [7, 11) is -0.397. The van der Waals surface area contributed by atoms with Gasteiger partial charge >= 0.3 is 0 Å². The number of piperidine rings is 1. The third-order valence-electron chi connectivity index (χ3n) is 4.10. The molecule has 0 unspecified atom stereocenters. The van der Waals surface area contributed by atoms with Gasteiger partial charge in [0.2, 0.25) is 0 Å². The summed E-state index contributed by atoms with van der Waals surface area (Å²) in [4.78, 5) is 12.1. The lowest BCUT2D eigenvalue weighted by Crippen LogP contribution is -2.45. The number of nitrogens with zero attached hydrogens (tertiary/aromatic N) is 2. The molecule has 1 aromatic rings. The van der Waals surface area contributed by atoms with Crippen molar-refractivity contribution in [1.82, 2.24) is 13.9 Å². The molecule has 0 saturated carbocycles. The van der Waals surface area contributed by atoms with Crippen LogP contribution in [-0.2, 0) is 10.2 Å². The highest BCUT2D eigenvalue weighted by atomic mass is 35.5. The second-order valence-electron chi connectivity index (χ2n) is 5.94. The lowest BCUT2D eigenvalue weighted by Gasteiger charge is -2.32. The number of carbonyl (C=O) groups is 1. The van der Waals surface area contributed by atoms with E-state index in [2.05, 4.69) is 5.32 Å². The van der Waals surface area contributed by atoms with Gasteiger partial charge in [-0.15, -0.1) is 0 Å². The first kappa shape index (κ1) is 19.1. The molecule has 24 heavy (non-hydrogen) atoms. The van der Waals surface area contributed by atoms with Crippen LogP contribution >= 0.6 is 11.6 Å². The molecule has 0 atom stereocenters. The maximum absolute atomic E-state index is 13.7. The molecule has 1 amide bonds. The summed E-state index contributed by atoms with van der Waals surface area (Å²) < 4.78 is 40.4. The van der Waals surface area contributed by atoms with Crippen molar-refractivity contribution in [3.05, 3.63) is 34.6 Å². The Morgan fingerprint density at radius 1 is 1.38 bits per heavy atom. The number of benzene rings is 1. The van der Waals surface area contributed by atoms with Crippen LogP contribution in [0.2, 0.25) is 5.02 Å². The third kappa shape index (κ3) is 4.24. The van der Waals surface area contributed by atoms with Crippen molar-refractivity contribution in [2.45, 2.75) is 12.8 Å². The van der Waals surface area contributed by atoms with E-state index in [0.717, 1.165) is 0 Å². The number of halogens is 2. The molecule has 1 fully saturated rings. The normalized spacial score (nSPS) is 17.2. The van der Waals surface area contributed by atoms with Gasteiger partial charge in [-0.2, -0.15) is 17.0 Å². The average Bonchev–Trinajstić information content (AvgIpc) is 2.53. The first-order valence-corrected chi connectivity index (χ1v) is 9.40. The number of rotatable bonds is 5. The van der Waals surface area contributed by atoms with Gasteiger partial charge < -0.3 is 5.32 Å². The van der Waals surface area contributed by atoms with Crippen molar-refractivity contribution in [3.8, 4) is 0 Å². The van der Waals surface area contributed by atoms with Crippen LogP contribution in [0.25, 0.3) is 0 Å². The summed E-state index contributed by atoms with van der Waals surface area (Å²) >= 11 is 5.87. The van der Waals surface area contributed by atoms with Gasteiger partial charge in [-0.3, -0.25) is 4.79 Å². The van der Waals surface area contributed by atoms with Crippen molar-refractivity contribution in [2.24, 2.45) is 5.92 Å². The number of nitrogens with one attached hydrogen (secondary N) is 1. The average molecular weight is 378 g/mol. The maximum atomic E-state index is 13.7. The zero-order chi connectivity index (χ0) is 17.9. The fourth-order valence-corrected chi connectivity index (χ4v) is 4.00. The maximum Gasteiger partial charge on any atom is 0.281 e. The van der Waals surface area contributed by atoms with Gasteiger partial charge in [0, 0.05) is 33.7 Å². The van der Waals surface area contributed by atoms with Crippen LogP contribution in [0.4, 0.5) is 4.39 Å². The summed E-state index contributed by atoms with van der Waals surface area (Å²) in [6.07, 6.45) is 1.27. The highest BCUT2D eigenvalue weighted by Crippen LogP contribution is 2.21. The summed E-state index contributed by atoms with van der Waals surface area (Å²) in [5.41, 5.74) is -0.160. The highest BCUT2D eigenvalue weighted by molar-refractivity contribution is 7.86. The predicted octanol–water partition coefficient (Wildman–Crippen LogP) is 1.73. The van der Waals surface area contributed by atoms with Crippen molar-refractivity contribution < 1.29 is 17.6 Å². The Bertz CT molecular complexity index is 684. The van der Waals surface area contributed by atoms with Crippen molar-refractivity contribution in [3.63, 3.8) is 0 Å². The van der Waals surface area contributed by atoms with E-state index < -0.39 is 21.9 Å². The second-order valence-corrected chi connectivity index (χ2v) is 8.49. The van der Waals surface area contributed by atoms with Crippen molar-refractivity contribution in [2.75, 3.05) is 33.7 Å². The fraction of sp³-hybridized carbons (Fsp3) is 0.533. The van der Waals surface area contributed by atoms with Gasteiger partial charge in [0.15, 0.2) is 0 Å². The van der Waals surface area contributed by atoms with E-state index in [-0.39, 0.29) is 16.5 Å². The molecule has 1 aromatic carbocycles. The Morgan fingerprint density at radius 2 is 2.00 bits per heavy atom. The van der Waals surface area contributed by atoms with E-state index in [1.54, 1.807) is 0 Å². The molecule has 1 heterocycles. The predicted molar refractivity (Wildman–Crippen MR) is 90.6 cm³/mol. The van der Waals surface area contributed by atoms with Crippen molar-refractivity contribution in [1.29, 1.82) is 0 Å². The van der Waals surface area contributed by atoms with Gasteiger partial charge in [-0.05, 0) is 30.9 Å². The standard InChI is InChI=1S/C15H21ClFN3O3S/c1-19(2)24(22,23)20-8-6-11(7-9-20)10-18-15(21)14-12(16)4-3-5-13(14)17/h3-5,11H,6-10H2,1-2H3,(H,18,21). The van der Waals surface area contributed by atoms with Crippen LogP contribution in [-0.4, -0.2) is 56.7 Å². The second kappa shape index (κ2) is 7.77. The van der Waals surface area contributed by atoms with Gasteiger partial charge in [0.05, 0.1) is 10.6 Å². The summed E-state index contributed by atoms with van der Waals surface area (Å²) in [5, 5.41) is 2.75. The van der Waals surface area contributed by atoms with Crippen LogP contribution in [0.15, 0.2) is 18.2 Å². The van der Waals surface area contributed by atoms with E-state index >= 15 is 0 Å². The Hall–Kier alpha value is -1.22. The smallest absolute Gasteiger partial charge is 0.281 e. The number of hydrogen-bond acceptors (Lipinski definition) is 3. The SMILES string of the molecule is CN(C)S(=O)(=O)N1CCC(CNC(=O)c2c(F)cccc2Cl)CC1. The van der Waals surface area contributed by atoms with Gasteiger partial charge in [-0.1, -0.05) is 17.7 Å². The summed E-state index contributed by atoms with van der Waals surface area (Å²) in [6.45, 7) is 1.17. The molecule has 1 aliphatic rings. The van der Waals surface area contributed by atoms with Crippen LogP contribution in [0.3, 0.4) is 0 Å². The van der Waals surface area contributed by atoms with E-state index in [1.165, 1.54) is 40.9 Å². The fourth-order valence-electron chi connectivity index (χ4n) is 2.62. The largest absolute Gasteiger partial charge is 0.352 e. The Kier molecular flexibility index (Phi) is 6.19. The first-order valence-electron chi connectivity index (χ1n) is 7.63. The zero-order valence-electron chi connectivity index (χ0n) is 13.6. The lowest BCUT2D eigenvalue weighted by molar-refractivity contribution is 0.0937. The molecule has 0 aliphatic carbocycles. The quantitative estimate of drug-likeness (QED) is 0.849. The molecule has 1 N–H and O–H groups in total. The molecule has 0 aromatic heterocycles. The number of carbonyl (C=O) groups excluding carboxylic acids is 1. The summed E-state index contributed by atoms with van der Waals surface area (Å²) in [6, 6.07) is 4.09. The monoisotopic (exact) mass is 377 g/mol. The molecule has 1 aliphatic heterocycles. The zero-order valence-corrected chi connectivity index (χ0v) is 15.2. The third-order valence-corrected chi connectivity index (χ3v) is 6.36. The summed E-state index contributed by atoms with van der Waals surface area (Å²) in [5.74, 6) is -1.07. The van der Waals surface area contributed by atoms with Crippen molar-refractivity contribution >= 4 is 27.7 Å². The van der Waals surface area contributed by atoms with Gasteiger partial charge in [0.1, 0.15) is 5.82 Å². The van der Waals surface area contributed by atoms with Crippen LogP contribution in [0, 0.1) is 11.7 Å². The minimum Gasteiger partial charge on any atom is -0.352 e. The van der Waals surface area contributed by atoms with Crippen LogP contribution < -0.4 is 5.32 Å². The molecule has 1 saturated heterocycles. The first-order chi connectivity index (χ1) is 11.2. The Balaban J connectivity index is 1.88. The number of hydrogen-bond donors (Lipinski definition) is 1. The van der Waals surface area contributed by atoms with E-state index in [4.69, 9.17) is 11.6 Å². The van der Waals surface area contributed by atoms with E-state index in [1.807, 2.05) is 0 Å². The molecule has 2 rings (SSSR count). The molecular weight excluding hydrogens is 357 g/mol. The molecule has 134 valence electrons. The van der Waals surface area contributed by atoms with E-state index in [0.29, 0.717) is 32.5 Å². The molecule has 9 heteroatoms. The minimum atomic E-state index is -3.40. The molecular formula is C15H21ClFN3O3S. The molecule has 6 nitrogen and oxygen atoms in total. The Labute approximate surface area is 146 Å². The van der Waals surface area contributed by atoms with Gasteiger partial charge in [-0.25, -0.2) is 4.39 Å². The highest BCUT2D eigenvalue weighted by Gasteiger charge is 2.29. The van der Waals surface area contributed by atoms with Gasteiger partial charge in [0.25, 0.3) is 16.1 Å². The van der Waals surface area contributed by atoms with E-state index in [9.17, 15) is 17.6 Å². The lowest BCUT2D eigenvalue weighted by atomic mass is 9.98. The minimum absolute atomic E-state index is 0.0689.